The Hall–Kier alpha value is -2.46. The molecule has 0 fully saturated rings. The van der Waals surface area contributed by atoms with Gasteiger partial charge >= 0.3 is 0 Å². The molecule has 0 atom stereocenters. The van der Waals surface area contributed by atoms with Crippen LogP contribution < -0.4 is 0 Å². The maximum absolute atomic E-state index is 12.5. The fourth-order valence-electron chi connectivity index (χ4n) is 2.63. The zero-order valence-corrected chi connectivity index (χ0v) is 15.0. The van der Waals surface area contributed by atoms with E-state index in [4.69, 9.17) is 4.42 Å². The van der Waals surface area contributed by atoms with Crippen LogP contribution in [0.15, 0.2) is 83.5 Å². The first-order valence-corrected chi connectivity index (χ1v) is 9.27. The molecule has 2 aromatic carbocycles. The third-order valence-electron chi connectivity index (χ3n) is 3.98. The van der Waals surface area contributed by atoms with Crippen LogP contribution in [-0.2, 0) is 11.3 Å². The van der Waals surface area contributed by atoms with E-state index in [0.29, 0.717) is 12.3 Å². The lowest BCUT2D eigenvalue weighted by Gasteiger charge is -2.20. The summed E-state index contributed by atoms with van der Waals surface area (Å²) in [4.78, 5) is 14.2. The highest BCUT2D eigenvalue weighted by Gasteiger charge is 2.18. The predicted molar refractivity (Wildman–Crippen MR) is 102 cm³/mol. The van der Waals surface area contributed by atoms with Gasteiger partial charge in [-0.05, 0) is 23.3 Å². The van der Waals surface area contributed by atoms with Crippen LogP contribution in [0.25, 0.3) is 0 Å². The molecule has 0 radical (unpaired) electrons. The molecular weight excluding hydrogens is 330 g/mol. The number of hydrogen-bond acceptors (Lipinski definition) is 3. The molecule has 0 spiro atoms. The number of amides is 1. The third-order valence-corrected chi connectivity index (χ3v) is 5.27. The number of furan rings is 1. The number of carbonyl (C=O) groups is 1. The Balaban J connectivity index is 1.67. The smallest absolute Gasteiger partial charge is 0.232 e. The van der Waals surface area contributed by atoms with Gasteiger partial charge in [0.05, 0.1) is 23.8 Å². The van der Waals surface area contributed by atoms with Crippen molar-refractivity contribution in [3.63, 3.8) is 0 Å². The van der Waals surface area contributed by atoms with E-state index in [1.165, 1.54) is 11.1 Å². The fourth-order valence-corrected chi connectivity index (χ4v) is 3.86. The average Bonchev–Trinajstić information content (AvgIpc) is 3.16. The average molecular weight is 351 g/mol. The molecule has 0 saturated carbocycles. The van der Waals surface area contributed by atoms with E-state index < -0.39 is 0 Å². The Kier molecular flexibility index (Phi) is 5.96. The second-order valence-electron chi connectivity index (χ2n) is 5.84. The summed E-state index contributed by atoms with van der Waals surface area (Å²) in [7, 11) is 1.81. The molecule has 3 aromatic rings. The van der Waals surface area contributed by atoms with Gasteiger partial charge in [0.15, 0.2) is 0 Å². The molecule has 1 aromatic heterocycles. The summed E-state index contributed by atoms with van der Waals surface area (Å²) >= 11 is 1.65. The third kappa shape index (κ3) is 4.77. The van der Waals surface area contributed by atoms with Gasteiger partial charge in [0.25, 0.3) is 0 Å². The molecule has 25 heavy (non-hydrogen) atoms. The molecule has 0 saturated heterocycles. The van der Waals surface area contributed by atoms with Gasteiger partial charge in [-0.25, -0.2) is 0 Å². The van der Waals surface area contributed by atoms with Crippen LogP contribution >= 0.6 is 11.8 Å². The van der Waals surface area contributed by atoms with Crippen LogP contribution in [0.1, 0.15) is 22.1 Å². The van der Waals surface area contributed by atoms with E-state index in [1.54, 1.807) is 22.9 Å². The number of nitrogens with zero attached hydrogens (tertiary/aromatic N) is 1. The predicted octanol–water partition coefficient (Wildman–Crippen LogP) is 4.76. The molecule has 0 aliphatic heterocycles. The first-order valence-electron chi connectivity index (χ1n) is 8.22. The first kappa shape index (κ1) is 17.4. The topological polar surface area (TPSA) is 33.5 Å². The molecule has 0 aliphatic rings. The standard InChI is InChI=1S/C21H21NO2S/c1-22(15-19-13-8-14-24-19)20(23)16-25-21(17-9-4-2-5-10-17)18-11-6-3-7-12-18/h2-14,21H,15-16H2,1H3. The SMILES string of the molecule is CN(Cc1ccco1)C(=O)CSC(c1ccccc1)c1ccccc1. The highest BCUT2D eigenvalue weighted by molar-refractivity contribution is 8.00. The van der Waals surface area contributed by atoms with Crippen LogP contribution in [-0.4, -0.2) is 23.6 Å². The summed E-state index contributed by atoms with van der Waals surface area (Å²) in [5.41, 5.74) is 2.42. The zero-order valence-electron chi connectivity index (χ0n) is 14.2. The van der Waals surface area contributed by atoms with Crippen LogP contribution in [0, 0.1) is 0 Å². The lowest BCUT2D eigenvalue weighted by atomic mass is 10.0. The zero-order chi connectivity index (χ0) is 17.5. The molecule has 0 unspecified atom stereocenters. The van der Waals surface area contributed by atoms with E-state index in [1.807, 2.05) is 55.6 Å². The molecule has 3 nitrogen and oxygen atoms in total. The van der Waals surface area contributed by atoms with Gasteiger partial charge in [0.1, 0.15) is 5.76 Å². The van der Waals surface area contributed by atoms with Crippen molar-refractivity contribution in [2.24, 2.45) is 0 Å². The Labute approximate surface area is 152 Å². The summed E-state index contributed by atoms with van der Waals surface area (Å²) in [5, 5.41) is 0.142. The van der Waals surface area contributed by atoms with E-state index in [0.717, 1.165) is 5.76 Å². The molecule has 1 amide bonds. The van der Waals surface area contributed by atoms with Crippen molar-refractivity contribution in [2.45, 2.75) is 11.8 Å². The van der Waals surface area contributed by atoms with E-state index >= 15 is 0 Å². The van der Waals surface area contributed by atoms with Gasteiger partial charge in [-0.15, -0.1) is 11.8 Å². The lowest BCUT2D eigenvalue weighted by molar-refractivity contribution is -0.127. The summed E-state index contributed by atoms with van der Waals surface area (Å²) in [6.45, 7) is 0.494. The van der Waals surface area contributed by atoms with Crippen LogP contribution in [0.4, 0.5) is 0 Å². The van der Waals surface area contributed by atoms with Gasteiger partial charge in [-0.1, -0.05) is 60.7 Å². The van der Waals surface area contributed by atoms with Crippen LogP contribution in [0.5, 0.6) is 0 Å². The second-order valence-corrected chi connectivity index (χ2v) is 6.93. The van der Waals surface area contributed by atoms with Crippen molar-refractivity contribution >= 4 is 17.7 Å². The monoisotopic (exact) mass is 351 g/mol. The summed E-state index contributed by atoms with van der Waals surface area (Å²) in [5.74, 6) is 1.31. The van der Waals surface area contributed by atoms with Crippen molar-refractivity contribution in [1.82, 2.24) is 4.90 Å². The number of benzene rings is 2. The maximum atomic E-state index is 12.5. The minimum Gasteiger partial charge on any atom is -0.467 e. The highest BCUT2D eigenvalue weighted by atomic mass is 32.2. The van der Waals surface area contributed by atoms with Gasteiger partial charge in [0, 0.05) is 7.05 Å². The summed E-state index contributed by atoms with van der Waals surface area (Å²) < 4.78 is 5.32. The fraction of sp³-hybridized carbons (Fsp3) is 0.190. The summed E-state index contributed by atoms with van der Waals surface area (Å²) in [6, 6.07) is 24.3. The molecule has 4 heteroatoms. The number of rotatable bonds is 7. The highest BCUT2D eigenvalue weighted by Crippen LogP contribution is 2.35. The Morgan fingerprint density at radius 3 is 2.08 bits per heavy atom. The minimum absolute atomic E-state index is 0.0956. The van der Waals surface area contributed by atoms with Gasteiger partial charge in [0.2, 0.25) is 5.91 Å². The Bertz CT molecular complexity index is 733. The van der Waals surface area contributed by atoms with E-state index in [2.05, 4.69) is 24.3 Å². The van der Waals surface area contributed by atoms with Crippen LogP contribution in [0.3, 0.4) is 0 Å². The second kappa shape index (κ2) is 8.58. The van der Waals surface area contributed by atoms with Crippen molar-refractivity contribution in [3.05, 3.63) is 95.9 Å². The lowest BCUT2D eigenvalue weighted by Crippen LogP contribution is -2.28. The van der Waals surface area contributed by atoms with Crippen molar-refractivity contribution < 1.29 is 9.21 Å². The first-order chi connectivity index (χ1) is 12.2. The quantitative estimate of drug-likeness (QED) is 0.615. The largest absolute Gasteiger partial charge is 0.467 e. The van der Waals surface area contributed by atoms with Gasteiger partial charge in [-0.2, -0.15) is 0 Å². The molecule has 1 heterocycles. The van der Waals surface area contributed by atoms with Gasteiger partial charge in [-0.3, -0.25) is 4.79 Å². The maximum Gasteiger partial charge on any atom is 0.232 e. The molecular formula is C21H21NO2S. The molecule has 0 bridgehead atoms. The minimum atomic E-state index is 0.0956. The molecule has 128 valence electrons. The molecule has 0 N–H and O–H groups in total. The van der Waals surface area contributed by atoms with Gasteiger partial charge < -0.3 is 9.32 Å². The molecule has 3 rings (SSSR count). The Morgan fingerprint density at radius 1 is 0.960 bits per heavy atom. The van der Waals surface area contributed by atoms with Crippen molar-refractivity contribution in [2.75, 3.05) is 12.8 Å². The summed E-state index contributed by atoms with van der Waals surface area (Å²) in [6.07, 6.45) is 1.63. The van der Waals surface area contributed by atoms with E-state index in [-0.39, 0.29) is 11.2 Å². The number of hydrogen-bond donors (Lipinski definition) is 0. The number of carbonyl (C=O) groups excluding carboxylic acids is 1. The van der Waals surface area contributed by atoms with Crippen molar-refractivity contribution in [3.8, 4) is 0 Å². The normalized spacial score (nSPS) is 10.8. The molecule has 0 aliphatic carbocycles. The Morgan fingerprint density at radius 2 is 1.56 bits per heavy atom. The van der Waals surface area contributed by atoms with Crippen molar-refractivity contribution in [1.29, 1.82) is 0 Å². The van der Waals surface area contributed by atoms with Crippen LogP contribution in [0.2, 0.25) is 0 Å². The van der Waals surface area contributed by atoms with E-state index in [9.17, 15) is 4.79 Å². The number of thioether (sulfide) groups is 1.